The second-order valence-electron chi connectivity index (χ2n) is 3.61. The fraction of sp³-hybridized carbons (Fsp3) is 0.231. The third-order valence-electron chi connectivity index (χ3n) is 2.53. The lowest BCUT2D eigenvalue weighted by molar-refractivity contribution is 0.112. The molecule has 0 bridgehead atoms. The van der Waals surface area contributed by atoms with E-state index in [1.807, 2.05) is 10.8 Å². The first-order valence-corrected chi connectivity index (χ1v) is 5.51. The summed E-state index contributed by atoms with van der Waals surface area (Å²) in [4.78, 5) is 14.7. The van der Waals surface area contributed by atoms with Crippen molar-refractivity contribution in [3.05, 3.63) is 48.0 Å². The van der Waals surface area contributed by atoms with Gasteiger partial charge < -0.3 is 9.30 Å². The van der Waals surface area contributed by atoms with E-state index < -0.39 is 0 Å². The number of aromatic nitrogens is 2. The van der Waals surface area contributed by atoms with Gasteiger partial charge in [0.25, 0.3) is 0 Å². The van der Waals surface area contributed by atoms with Gasteiger partial charge in [0.15, 0.2) is 0 Å². The van der Waals surface area contributed by atoms with Gasteiger partial charge in [-0.3, -0.25) is 4.79 Å². The van der Waals surface area contributed by atoms with Gasteiger partial charge in [0.05, 0.1) is 0 Å². The van der Waals surface area contributed by atoms with Gasteiger partial charge in [-0.05, 0) is 31.2 Å². The second kappa shape index (κ2) is 5.30. The van der Waals surface area contributed by atoms with Crippen molar-refractivity contribution in [3.63, 3.8) is 0 Å². The van der Waals surface area contributed by atoms with E-state index in [0.29, 0.717) is 12.2 Å². The number of ether oxygens (including phenoxy) is 1. The second-order valence-corrected chi connectivity index (χ2v) is 3.61. The molecular formula is C13H14N2O2. The maximum absolute atomic E-state index is 10.5. The quantitative estimate of drug-likeness (QED) is 0.740. The molecule has 0 unspecified atom stereocenters. The van der Waals surface area contributed by atoms with Crippen molar-refractivity contribution < 1.29 is 9.53 Å². The predicted molar refractivity (Wildman–Crippen MR) is 64.1 cm³/mol. The Hall–Kier alpha value is -2.10. The monoisotopic (exact) mass is 230 g/mol. The van der Waals surface area contributed by atoms with E-state index in [2.05, 4.69) is 11.9 Å². The number of carbonyl (C=O) groups excluding carboxylic acids is 1. The fourth-order valence-corrected chi connectivity index (χ4v) is 1.56. The zero-order valence-corrected chi connectivity index (χ0v) is 9.67. The third kappa shape index (κ3) is 2.72. The molecule has 17 heavy (non-hydrogen) atoms. The van der Waals surface area contributed by atoms with Crippen LogP contribution in [0.1, 0.15) is 23.1 Å². The molecule has 4 nitrogen and oxygen atoms in total. The molecule has 0 aliphatic rings. The highest BCUT2D eigenvalue weighted by molar-refractivity contribution is 5.74. The van der Waals surface area contributed by atoms with Crippen LogP contribution >= 0.6 is 0 Å². The van der Waals surface area contributed by atoms with Crippen LogP contribution in [-0.4, -0.2) is 15.8 Å². The van der Waals surface area contributed by atoms with Crippen molar-refractivity contribution in [3.8, 4) is 5.75 Å². The van der Waals surface area contributed by atoms with Crippen molar-refractivity contribution in [2.45, 2.75) is 20.1 Å². The molecule has 0 fully saturated rings. The average molecular weight is 230 g/mol. The molecule has 2 rings (SSSR count). The molecule has 0 saturated heterocycles. The molecule has 0 atom stereocenters. The Morgan fingerprint density at radius 3 is 2.76 bits per heavy atom. The number of hydrogen-bond donors (Lipinski definition) is 0. The summed E-state index contributed by atoms with van der Waals surface area (Å²) in [6, 6.07) is 7.02. The zero-order valence-electron chi connectivity index (χ0n) is 9.67. The molecule has 1 aromatic carbocycles. The summed E-state index contributed by atoms with van der Waals surface area (Å²) in [6.07, 6.45) is 4.50. The lowest BCUT2D eigenvalue weighted by Crippen LogP contribution is -2.05. The molecule has 0 spiro atoms. The van der Waals surface area contributed by atoms with E-state index >= 15 is 0 Å². The van der Waals surface area contributed by atoms with Crippen molar-refractivity contribution in [1.29, 1.82) is 0 Å². The van der Waals surface area contributed by atoms with Crippen molar-refractivity contribution >= 4 is 6.29 Å². The maximum atomic E-state index is 10.5. The van der Waals surface area contributed by atoms with Gasteiger partial charge in [-0.2, -0.15) is 0 Å². The van der Waals surface area contributed by atoms with Crippen LogP contribution in [0.15, 0.2) is 36.7 Å². The average Bonchev–Trinajstić information content (AvgIpc) is 2.84. The van der Waals surface area contributed by atoms with Gasteiger partial charge in [-0.1, -0.05) is 0 Å². The molecule has 0 saturated carbocycles. The van der Waals surface area contributed by atoms with Crippen LogP contribution in [0, 0.1) is 0 Å². The van der Waals surface area contributed by atoms with E-state index in [0.717, 1.165) is 24.4 Å². The van der Waals surface area contributed by atoms with Gasteiger partial charge in [0, 0.05) is 24.5 Å². The molecule has 0 N–H and O–H groups in total. The van der Waals surface area contributed by atoms with Crippen LogP contribution in [0.3, 0.4) is 0 Å². The van der Waals surface area contributed by atoms with Crippen LogP contribution in [0.4, 0.5) is 0 Å². The molecule has 88 valence electrons. The summed E-state index contributed by atoms with van der Waals surface area (Å²) >= 11 is 0. The maximum Gasteiger partial charge on any atom is 0.150 e. The minimum Gasteiger partial charge on any atom is -0.486 e. The summed E-state index contributed by atoms with van der Waals surface area (Å²) in [5.41, 5.74) is 0.646. The molecule has 0 radical (unpaired) electrons. The Morgan fingerprint density at radius 1 is 1.35 bits per heavy atom. The van der Waals surface area contributed by atoms with E-state index in [9.17, 15) is 4.79 Å². The number of imidazole rings is 1. The number of aryl methyl sites for hydroxylation is 1. The van der Waals surface area contributed by atoms with Gasteiger partial charge >= 0.3 is 0 Å². The first-order chi connectivity index (χ1) is 8.33. The van der Waals surface area contributed by atoms with Crippen molar-refractivity contribution in [2.75, 3.05) is 0 Å². The number of benzene rings is 1. The normalized spacial score (nSPS) is 10.2. The Morgan fingerprint density at radius 2 is 2.12 bits per heavy atom. The SMILES string of the molecule is CCn1ccnc1COc1ccc(C=O)cc1. The van der Waals surface area contributed by atoms with Crippen LogP contribution in [-0.2, 0) is 13.2 Å². The minimum atomic E-state index is 0.432. The van der Waals surface area contributed by atoms with E-state index in [4.69, 9.17) is 4.74 Å². The van der Waals surface area contributed by atoms with Crippen LogP contribution in [0.5, 0.6) is 5.75 Å². The highest BCUT2D eigenvalue weighted by Gasteiger charge is 2.02. The Kier molecular flexibility index (Phi) is 3.55. The van der Waals surface area contributed by atoms with E-state index in [-0.39, 0.29) is 0 Å². The van der Waals surface area contributed by atoms with Gasteiger partial charge in [-0.25, -0.2) is 4.98 Å². The number of aldehydes is 1. The predicted octanol–water partition coefficient (Wildman–Crippen LogP) is 2.29. The first-order valence-electron chi connectivity index (χ1n) is 5.51. The van der Waals surface area contributed by atoms with Gasteiger partial charge in [-0.15, -0.1) is 0 Å². The molecular weight excluding hydrogens is 216 g/mol. The summed E-state index contributed by atoms with van der Waals surface area (Å²) < 4.78 is 7.62. The number of nitrogens with zero attached hydrogens (tertiary/aromatic N) is 2. The van der Waals surface area contributed by atoms with Crippen LogP contribution in [0.2, 0.25) is 0 Å². The lowest BCUT2D eigenvalue weighted by atomic mass is 10.2. The molecule has 1 aromatic heterocycles. The Bertz CT molecular complexity index is 488. The van der Waals surface area contributed by atoms with Crippen LogP contribution < -0.4 is 4.74 Å². The summed E-state index contributed by atoms with van der Waals surface area (Å²) in [5.74, 6) is 1.63. The van der Waals surface area contributed by atoms with E-state index in [1.54, 1.807) is 30.5 Å². The summed E-state index contributed by atoms with van der Waals surface area (Å²) in [5, 5.41) is 0. The molecule has 0 aliphatic carbocycles. The molecule has 1 heterocycles. The Labute approximate surface area is 99.9 Å². The van der Waals surface area contributed by atoms with Crippen LogP contribution in [0.25, 0.3) is 0 Å². The molecule has 2 aromatic rings. The fourth-order valence-electron chi connectivity index (χ4n) is 1.56. The largest absolute Gasteiger partial charge is 0.486 e. The zero-order chi connectivity index (χ0) is 12.1. The molecule has 0 aliphatic heterocycles. The Balaban J connectivity index is 1.99. The smallest absolute Gasteiger partial charge is 0.150 e. The topological polar surface area (TPSA) is 44.1 Å². The molecule has 0 amide bonds. The van der Waals surface area contributed by atoms with Crippen molar-refractivity contribution in [2.24, 2.45) is 0 Å². The summed E-state index contributed by atoms with van der Waals surface area (Å²) in [6.45, 7) is 3.37. The standard InChI is InChI=1S/C13H14N2O2/c1-2-15-8-7-14-13(15)10-17-12-5-3-11(9-16)4-6-12/h3-9H,2,10H2,1H3. The van der Waals surface area contributed by atoms with E-state index in [1.165, 1.54) is 0 Å². The van der Waals surface area contributed by atoms with Gasteiger partial charge in [0.1, 0.15) is 24.5 Å². The van der Waals surface area contributed by atoms with Crippen molar-refractivity contribution in [1.82, 2.24) is 9.55 Å². The minimum absolute atomic E-state index is 0.432. The first kappa shape index (κ1) is 11.4. The lowest BCUT2D eigenvalue weighted by Gasteiger charge is -2.07. The molecule has 4 heteroatoms. The number of carbonyl (C=O) groups is 1. The highest BCUT2D eigenvalue weighted by Crippen LogP contribution is 2.12. The highest BCUT2D eigenvalue weighted by atomic mass is 16.5. The van der Waals surface area contributed by atoms with Gasteiger partial charge in [0.2, 0.25) is 0 Å². The number of hydrogen-bond acceptors (Lipinski definition) is 3. The number of rotatable bonds is 5. The summed E-state index contributed by atoms with van der Waals surface area (Å²) in [7, 11) is 0. The third-order valence-corrected chi connectivity index (χ3v) is 2.53.